The molecule has 0 unspecified atom stereocenters. The molecule has 0 fully saturated rings. The molecule has 1 N–H and O–H groups in total. The number of hydrogen-bond acceptors (Lipinski definition) is 4. The van der Waals surface area contributed by atoms with Gasteiger partial charge in [0.15, 0.2) is 10.8 Å². The standard InChI is InChI=1S/C15H26N4S/c1-7-18(11(2)3)13-12(10-16-15(4,5)6)19-8-9-20-14(19)17-13/h8-9,11,16H,7,10H2,1-6H3. The quantitative estimate of drug-likeness (QED) is 0.916. The lowest BCUT2D eigenvalue weighted by Gasteiger charge is -2.27. The molecule has 112 valence electrons. The molecule has 0 saturated heterocycles. The Balaban J connectivity index is 2.40. The minimum Gasteiger partial charge on any atom is -0.353 e. The van der Waals surface area contributed by atoms with E-state index < -0.39 is 0 Å². The molecule has 5 heteroatoms. The van der Waals surface area contributed by atoms with E-state index in [0.29, 0.717) is 6.04 Å². The number of thiazole rings is 1. The SMILES string of the molecule is CCN(c1nc2sccn2c1CNC(C)(C)C)C(C)C. The molecule has 0 bridgehead atoms. The molecular weight excluding hydrogens is 268 g/mol. The maximum atomic E-state index is 4.83. The number of rotatable bonds is 5. The van der Waals surface area contributed by atoms with Crippen molar-refractivity contribution in [3.8, 4) is 0 Å². The van der Waals surface area contributed by atoms with Gasteiger partial charge < -0.3 is 10.2 Å². The van der Waals surface area contributed by atoms with Gasteiger partial charge in [0.2, 0.25) is 0 Å². The lowest BCUT2D eigenvalue weighted by Crippen LogP contribution is -2.37. The molecule has 0 aliphatic carbocycles. The smallest absolute Gasteiger partial charge is 0.195 e. The summed E-state index contributed by atoms with van der Waals surface area (Å²) < 4.78 is 2.21. The summed E-state index contributed by atoms with van der Waals surface area (Å²) in [4.78, 5) is 8.27. The number of aromatic nitrogens is 2. The maximum Gasteiger partial charge on any atom is 0.195 e. The largest absolute Gasteiger partial charge is 0.353 e. The average molecular weight is 294 g/mol. The van der Waals surface area contributed by atoms with Gasteiger partial charge in [-0.25, -0.2) is 4.98 Å². The van der Waals surface area contributed by atoms with Crippen LogP contribution in [0.5, 0.6) is 0 Å². The van der Waals surface area contributed by atoms with Crippen molar-refractivity contribution < 1.29 is 0 Å². The van der Waals surface area contributed by atoms with Crippen LogP contribution in [0.3, 0.4) is 0 Å². The number of nitrogens with one attached hydrogen (secondary N) is 1. The summed E-state index contributed by atoms with van der Waals surface area (Å²) >= 11 is 1.69. The second-order valence-corrected chi connectivity index (χ2v) is 7.29. The highest BCUT2D eigenvalue weighted by atomic mass is 32.1. The van der Waals surface area contributed by atoms with Crippen molar-refractivity contribution in [3.63, 3.8) is 0 Å². The molecule has 0 aromatic carbocycles. The first-order chi connectivity index (χ1) is 9.33. The second kappa shape index (κ2) is 5.74. The first-order valence-electron chi connectivity index (χ1n) is 7.29. The molecule has 2 rings (SSSR count). The van der Waals surface area contributed by atoms with E-state index in [-0.39, 0.29) is 5.54 Å². The fourth-order valence-electron chi connectivity index (χ4n) is 2.32. The van der Waals surface area contributed by atoms with E-state index in [9.17, 15) is 0 Å². The number of anilines is 1. The highest BCUT2D eigenvalue weighted by molar-refractivity contribution is 7.15. The van der Waals surface area contributed by atoms with E-state index >= 15 is 0 Å². The highest BCUT2D eigenvalue weighted by Crippen LogP contribution is 2.26. The van der Waals surface area contributed by atoms with E-state index in [4.69, 9.17) is 4.98 Å². The molecule has 0 radical (unpaired) electrons. The van der Waals surface area contributed by atoms with Gasteiger partial charge in [0.25, 0.3) is 0 Å². The van der Waals surface area contributed by atoms with Gasteiger partial charge in [0.05, 0.1) is 5.69 Å². The summed E-state index contributed by atoms with van der Waals surface area (Å²) in [6.07, 6.45) is 2.12. The van der Waals surface area contributed by atoms with Crippen LogP contribution >= 0.6 is 11.3 Å². The molecule has 4 nitrogen and oxygen atoms in total. The highest BCUT2D eigenvalue weighted by Gasteiger charge is 2.21. The Morgan fingerprint density at radius 1 is 1.40 bits per heavy atom. The summed E-state index contributed by atoms with van der Waals surface area (Å²) in [6, 6.07) is 0.456. The molecule has 0 aliphatic heterocycles. The van der Waals surface area contributed by atoms with Gasteiger partial charge in [-0.3, -0.25) is 4.40 Å². The molecule has 2 heterocycles. The van der Waals surface area contributed by atoms with E-state index in [2.05, 4.69) is 67.7 Å². The van der Waals surface area contributed by atoms with E-state index in [1.807, 2.05) is 0 Å². The van der Waals surface area contributed by atoms with Gasteiger partial charge in [-0.05, 0) is 41.5 Å². The second-order valence-electron chi connectivity index (χ2n) is 6.42. The van der Waals surface area contributed by atoms with Gasteiger partial charge >= 0.3 is 0 Å². The first kappa shape index (κ1) is 15.3. The van der Waals surface area contributed by atoms with Crippen LogP contribution in [0.1, 0.15) is 47.2 Å². The van der Waals surface area contributed by atoms with Gasteiger partial charge in [-0.1, -0.05) is 0 Å². The predicted octanol–water partition coefficient (Wildman–Crippen LogP) is 3.52. The molecule has 2 aromatic heterocycles. The third-order valence-electron chi connectivity index (χ3n) is 3.36. The Kier molecular flexibility index (Phi) is 4.39. The first-order valence-corrected chi connectivity index (χ1v) is 8.17. The van der Waals surface area contributed by atoms with Crippen LogP contribution in [0, 0.1) is 0 Å². The molecule has 0 saturated carbocycles. The van der Waals surface area contributed by atoms with Crippen LogP contribution in [0.25, 0.3) is 4.96 Å². The normalized spacial score (nSPS) is 12.6. The molecule has 0 aliphatic rings. The zero-order valence-corrected chi connectivity index (χ0v) is 14.2. The zero-order chi connectivity index (χ0) is 14.9. The zero-order valence-electron chi connectivity index (χ0n) is 13.4. The summed E-state index contributed by atoms with van der Waals surface area (Å²) in [7, 11) is 0. The van der Waals surface area contributed by atoms with Crippen molar-refractivity contribution in [1.82, 2.24) is 14.7 Å². The van der Waals surface area contributed by atoms with Crippen LogP contribution in [0.4, 0.5) is 5.82 Å². The lowest BCUT2D eigenvalue weighted by atomic mass is 10.1. The number of hydrogen-bond donors (Lipinski definition) is 1. The van der Waals surface area contributed by atoms with Gasteiger partial charge in [0.1, 0.15) is 0 Å². The summed E-state index contributed by atoms with van der Waals surface area (Å²) in [5, 5.41) is 5.68. The summed E-state index contributed by atoms with van der Waals surface area (Å²) in [5.41, 5.74) is 1.36. The maximum absolute atomic E-state index is 4.83. The predicted molar refractivity (Wildman–Crippen MR) is 87.8 cm³/mol. The van der Waals surface area contributed by atoms with Crippen molar-refractivity contribution in [2.45, 2.75) is 59.7 Å². The van der Waals surface area contributed by atoms with Crippen molar-refractivity contribution in [2.24, 2.45) is 0 Å². The van der Waals surface area contributed by atoms with Crippen LogP contribution in [0.15, 0.2) is 11.6 Å². The molecule has 0 atom stereocenters. The Labute approximate surface area is 125 Å². The van der Waals surface area contributed by atoms with E-state index in [1.165, 1.54) is 5.69 Å². The van der Waals surface area contributed by atoms with E-state index in [1.54, 1.807) is 11.3 Å². The Hall–Kier alpha value is -1.07. The van der Waals surface area contributed by atoms with Crippen LogP contribution in [-0.4, -0.2) is 27.5 Å². The summed E-state index contributed by atoms with van der Waals surface area (Å²) in [5.74, 6) is 1.12. The van der Waals surface area contributed by atoms with Crippen molar-refractivity contribution in [1.29, 1.82) is 0 Å². The van der Waals surface area contributed by atoms with Crippen LogP contribution in [0.2, 0.25) is 0 Å². The van der Waals surface area contributed by atoms with Crippen molar-refractivity contribution in [2.75, 3.05) is 11.4 Å². The van der Waals surface area contributed by atoms with Gasteiger partial charge in [0, 0.05) is 36.2 Å². The third-order valence-corrected chi connectivity index (χ3v) is 4.12. The minimum atomic E-state index is 0.103. The molecular formula is C15H26N4S. The van der Waals surface area contributed by atoms with Gasteiger partial charge in [-0.15, -0.1) is 11.3 Å². The van der Waals surface area contributed by atoms with Crippen LogP contribution in [-0.2, 0) is 6.54 Å². The Morgan fingerprint density at radius 3 is 2.65 bits per heavy atom. The number of nitrogens with zero attached hydrogens (tertiary/aromatic N) is 3. The number of imidazole rings is 1. The number of fused-ring (bicyclic) bond motifs is 1. The summed E-state index contributed by atoms with van der Waals surface area (Å²) in [6.45, 7) is 15.0. The fourth-order valence-corrected chi connectivity index (χ4v) is 3.05. The average Bonchev–Trinajstić information content (AvgIpc) is 2.86. The van der Waals surface area contributed by atoms with Crippen molar-refractivity contribution >= 4 is 22.1 Å². The van der Waals surface area contributed by atoms with Crippen LogP contribution < -0.4 is 10.2 Å². The molecule has 0 spiro atoms. The topological polar surface area (TPSA) is 32.6 Å². The van der Waals surface area contributed by atoms with E-state index in [0.717, 1.165) is 23.9 Å². The molecule has 2 aromatic rings. The Bertz CT molecular complexity index is 562. The van der Waals surface area contributed by atoms with Crippen molar-refractivity contribution in [3.05, 3.63) is 17.3 Å². The van der Waals surface area contributed by atoms with Gasteiger partial charge in [-0.2, -0.15) is 0 Å². The molecule has 20 heavy (non-hydrogen) atoms. The monoisotopic (exact) mass is 294 g/mol. The fraction of sp³-hybridized carbons (Fsp3) is 0.667. The lowest BCUT2D eigenvalue weighted by molar-refractivity contribution is 0.420. The Morgan fingerprint density at radius 2 is 2.10 bits per heavy atom. The molecule has 0 amide bonds. The third kappa shape index (κ3) is 3.15. The minimum absolute atomic E-state index is 0.103.